The SMILES string of the molecule is C/C(=C\C[P+](c1ccccc1)(c1ccccc1)c1ccccc1)c1ccc2cc3ccccc3cc2c1.[Br-]. The topological polar surface area (TPSA) is 0 Å². The molecule has 0 radical (unpaired) electrons. The van der Waals surface area contributed by atoms with Crippen molar-refractivity contribution in [3.05, 3.63) is 157 Å². The number of fused-ring (bicyclic) bond motifs is 2. The zero-order valence-electron chi connectivity index (χ0n) is 21.5. The average molecular weight is 574 g/mol. The molecule has 6 aromatic rings. The summed E-state index contributed by atoms with van der Waals surface area (Å²) < 4.78 is 0. The quantitative estimate of drug-likeness (QED) is 0.185. The van der Waals surface area contributed by atoms with Crippen molar-refractivity contribution in [1.82, 2.24) is 0 Å². The van der Waals surface area contributed by atoms with Gasteiger partial charge < -0.3 is 17.0 Å². The third-order valence-electron chi connectivity index (χ3n) is 7.42. The molecule has 186 valence electrons. The van der Waals surface area contributed by atoms with Crippen LogP contribution in [0, 0.1) is 0 Å². The van der Waals surface area contributed by atoms with Gasteiger partial charge in [0.15, 0.2) is 0 Å². The molecule has 0 amide bonds. The minimum absolute atomic E-state index is 0. The molecule has 0 unspecified atom stereocenters. The summed E-state index contributed by atoms with van der Waals surface area (Å²) in [6, 6.07) is 53.5. The second-order valence-electron chi connectivity index (χ2n) is 9.65. The number of rotatable bonds is 6. The Labute approximate surface area is 236 Å². The molecule has 0 bridgehead atoms. The maximum atomic E-state index is 2.48. The first-order chi connectivity index (χ1) is 18.2. The van der Waals surface area contributed by atoms with E-state index in [1.165, 1.54) is 48.6 Å². The number of hydrogen-bond acceptors (Lipinski definition) is 0. The van der Waals surface area contributed by atoms with Crippen LogP contribution in [0.1, 0.15) is 12.5 Å². The van der Waals surface area contributed by atoms with Gasteiger partial charge in [0, 0.05) is 0 Å². The highest BCUT2D eigenvalue weighted by Crippen LogP contribution is 2.55. The van der Waals surface area contributed by atoms with Crippen molar-refractivity contribution in [3.63, 3.8) is 0 Å². The van der Waals surface area contributed by atoms with Crippen molar-refractivity contribution in [2.24, 2.45) is 0 Å². The number of allylic oxidation sites excluding steroid dienone is 2. The predicted molar refractivity (Wildman–Crippen MR) is 165 cm³/mol. The molecule has 0 saturated carbocycles. The normalized spacial score (nSPS) is 11.9. The molecule has 6 rings (SSSR count). The highest BCUT2D eigenvalue weighted by molar-refractivity contribution is 7.95. The Bertz CT molecular complexity index is 1590. The largest absolute Gasteiger partial charge is 1.00 e. The molecular weight excluding hydrogens is 543 g/mol. The molecule has 0 saturated heterocycles. The summed E-state index contributed by atoms with van der Waals surface area (Å²) in [5.74, 6) is 0. The zero-order chi connectivity index (χ0) is 25.1. The van der Waals surface area contributed by atoms with Gasteiger partial charge in [-0.15, -0.1) is 0 Å². The van der Waals surface area contributed by atoms with Crippen LogP contribution in [0.2, 0.25) is 0 Å². The van der Waals surface area contributed by atoms with Crippen LogP contribution in [0.5, 0.6) is 0 Å². The lowest BCUT2D eigenvalue weighted by molar-refractivity contribution is -0.00000705. The summed E-state index contributed by atoms with van der Waals surface area (Å²) in [5, 5.41) is 9.41. The maximum Gasteiger partial charge on any atom is 0.115 e. The van der Waals surface area contributed by atoms with E-state index < -0.39 is 7.26 Å². The Kier molecular flexibility index (Phi) is 7.89. The second kappa shape index (κ2) is 11.5. The first kappa shape index (κ1) is 26.1. The number of halogens is 1. The molecule has 38 heavy (non-hydrogen) atoms. The fourth-order valence-corrected chi connectivity index (χ4v) is 9.51. The van der Waals surface area contributed by atoms with E-state index in [4.69, 9.17) is 0 Å². The Morgan fingerprint density at radius 2 is 0.921 bits per heavy atom. The molecule has 6 aromatic carbocycles. The minimum atomic E-state index is -1.88. The van der Waals surface area contributed by atoms with E-state index in [0.717, 1.165) is 6.16 Å². The van der Waals surface area contributed by atoms with Crippen LogP contribution in [0.3, 0.4) is 0 Å². The van der Waals surface area contributed by atoms with Crippen LogP contribution in [0.4, 0.5) is 0 Å². The molecule has 0 fully saturated rings. The summed E-state index contributed by atoms with van der Waals surface area (Å²) in [7, 11) is -1.88. The predicted octanol–water partition coefficient (Wildman–Crippen LogP) is 5.39. The van der Waals surface area contributed by atoms with Gasteiger partial charge in [-0.2, -0.15) is 0 Å². The van der Waals surface area contributed by atoms with Crippen LogP contribution in [-0.4, -0.2) is 6.16 Å². The summed E-state index contributed by atoms with van der Waals surface area (Å²) in [5.41, 5.74) is 2.61. The van der Waals surface area contributed by atoms with E-state index in [2.05, 4.69) is 159 Å². The molecule has 0 nitrogen and oxygen atoms in total. The first-order valence-corrected chi connectivity index (χ1v) is 14.9. The van der Waals surface area contributed by atoms with Crippen molar-refractivity contribution in [2.45, 2.75) is 6.92 Å². The van der Waals surface area contributed by atoms with Crippen molar-refractivity contribution < 1.29 is 17.0 Å². The van der Waals surface area contributed by atoms with Crippen molar-refractivity contribution in [1.29, 1.82) is 0 Å². The first-order valence-electron chi connectivity index (χ1n) is 12.9. The molecule has 0 spiro atoms. The fourth-order valence-electron chi connectivity index (χ4n) is 5.39. The smallest absolute Gasteiger partial charge is 0.115 e. The Morgan fingerprint density at radius 3 is 1.42 bits per heavy atom. The van der Waals surface area contributed by atoms with Crippen LogP contribution in [0.25, 0.3) is 27.1 Å². The van der Waals surface area contributed by atoms with Gasteiger partial charge in [-0.1, -0.05) is 91.0 Å². The standard InChI is InChI=1S/C36H30P.BrH/c1-28(29-21-22-32-26-30-13-11-12-14-31(30)27-33(32)25-29)23-24-37(34-15-5-2-6-16-34,35-17-7-3-8-18-35)36-19-9-4-10-20-36;/h2-23,25-27H,24H2,1H3;1H/q+1;/p-1/b28-23+;. The Morgan fingerprint density at radius 1 is 0.500 bits per heavy atom. The van der Waals surface area contributed by atoms with E-state index in [1.54, 1.807) is 0 Å². The van der Waals surface area contributed by atoms with Crippen molar-refractivity contribution >= 4 is 50.3 Å². The average Bonchev–Trinajstić information content (AvgIpc) is 2.97. The van der Waals surface area contributed by atoms with E-state index in [0.29, 0.717) is 0 Å². The highest BCUT2D eigenvalue weighted by atomic mass is 79.9. The molecule has 0 aliphatic rings. The molecule has 0 aromatic heterocycles. The van der Waals surface area contributed by atoms with Gasteiger partial charge >= 0.3 is 0 Å². The molecule has 2 heteroatoms. The van der Waals surface area contributed by atoms with Gasteiger partial charge in [-0.05, 0) is 100 Å². The fraction of sp³-hybridized carbons (Fsp3) is 0.0556. The summed E-state index contributed by atoms with van der Waals surface area (Å²) in [4.78, 5) is 0. The van der Waals surface area contributed by atoms with E-state index in [-0.39, 0.29) is 17.0 Å². The van der Waals surface area contributed by atoms with Crippen LogP contribution in [-0.2, 0) is 0 Å². The highest BCUT2D eigenvalue weighted by Gasteiger charge is 2.44. The molecule has 0 N–H and O–H groups in total. The summed E-state index contributed by atoms with van der Waals surface area (Å²) >= 11 is 0. The molecule has 0 atom stereocenters. The van der Waals surface area contributed by atoms with E-state index >= 15 is 0 Å². The van der Waals surface area contributed by atoms with Crippen molar-refractivity contribution in [2.75, 3.05) is 6.16 Å². The lowest BCUT2D eigenvalue weighted by Gasteiger charge is -2.27. The number of hydrogen-bond donors (Lipinski definition) is 0. The van der Waals surface area contributed by atoms with Crippen molar-refractivity contribution in [3.8, 4) is 0 Å². The minimum Gasteiger partial charge on any atom is -1.00 e. The Hall–Kier alpha value is -3.51. The monoisotopic (exact) mass is 572 g/mol. The second-order valence-corrected chi connectivity index (χ2v) is 13.2. The van der Waals surface area contributed by atoms with Gasteiger partial charge in [0.25, 0.3) is 0 Å². The van der Waals surface area contributed by atoms with Gasteiger partial charge in [0.1, 0.15) is 23.2 Å². The summed E-state index contributed by atoms with van der Waals surface area (Å²) in [6.07, 6.45) is 3.45. The molecule has 0 aliphatic heterocycles. The molecule has 0 aliphatic carbocycles. The van der Waals surface area contributed by atoms with Gasteiger partial charge in [-0.25, -0.2) is 0 Å². The Balaban J connectivity index is 0.00000294. The van der Waals surface area contributed by atoms with Gasteiger partial charge in [0.05, 0.1) is 6.16 Å². The van der Waals surface area contributed by atoms with Gasteiger partial charge in [0.2, 0.25) is 0 Å². The van der Waals surface area contributed by atoms with Gasteiger partial charge in [-0.3, -0.25) is 0 Å². The number of benzene rings is 6. The lowest BCUT2D eigenvalue weighted by atomic mass is 9.99. The molecule has 0 heterocycles. The van der Waals surface area contributed by atoms with Crippen LogP contribution >= 0.6 is 7.26 Å². The zero-order valence-corrected chi connectivity index (χ0v) is 23.9. The third-order valence-corrected chi connectivity index (χ3v) is 11.7. The summed E-state index contributed by atoms with van der Waals surface area (Å²) in [6.45, 7) is 2.26. The maximum absolute atomic E-state index is 2.48. The van der Waals surface area contributed by atoms with Crippen LogP contribution in [0.15, 0.2) is 152 Å². The lowest BCUT2D eigenvalue weighted by Crippen LogP contribution is -3.00. The molecular formula is C36H30BrP. The van der Waals surface area contributed by atoms with E-state index in [1.807, 2.05) is 0 Å². The third kappa shape index (κ3) is 4.97. The van der Waals surface area contributed by atoms with Crippen LogP contribution < -0.4 is 32.9 Å². The van der Waals surface area contributed by atoms with E-state index in [9.17, 15) is 0 Å².